The number of benzene rings is 3. The molecular weight excluding hydrogens is 504 g/mol. The summed E-state index contributed by atoms with van der Waals surface area (Å²) in [6.45, 7) is 3.92. The van der Waals surface area contributed by atoms with Crippen LogP contribution in [0.1, 0.15) is 27.4 Å². The van der Waals surface area contributed by atoms with E-state index in [1.807, 2.05) is 80.6 Å². The number of pyridine rings is 1. The van der Waals surface area contributed by atoms with E-state index >= 15 is 0 Å². The Balaban J connectivity index is 1.22. The lowest BCUT2D eigenvalue weighted by molar-refractivity contribution is 0.0951. The lowest BCUT2D eigenvalue weighted by atomic mass is 10.1. The highest BCUT2D eigenvalue weighted by molar-refractivity contribution is 6.03. The van der Waals surface area contributed by atoms with E-state index in [2.05, 4.69) is 30.8 Å². The number of rotatable bonds is 7. The van der Waals surface area contributed by atoms with E-state index in [1.54, 1.807) is 20.4 Å². The molecule has 0 aliphatic rings. The van der Waals surface area contributed by atoms with Gasteiger partial charge in [0, 0.05) is 55.5 Å². The number of nitrogens with zero attached hydrogens (tertiary/aromatic N) is 2. The van der Waals surface area contributed by atoms with E-state index in [4.69, 9.17) is 9.47 Å². The van der Waals surface area contributed by atoms with E-state index in [1.165, 1.54) is 0 Å². The Bertz CT molecular complexity index is 1940. The monoisotopic (exact) mass is 532 g/mol. The minimum Gasteiger partial charge on any atom is -0.497 e. The van der Waals surface area contributed by atoms with Crippen LogP contribution in [0.5, 0.6) is 11.5 Å². The number of fused-ring (bicyclic) bond motifs is 3. The molecule has 0 spiro atoms. The van der Waals surface area contributed by atoms with Crippen molar-refractivity contribution in [3.8, 4) is 11.5 Å². The number of aryl methyl sites for hydroxylation is 2. The predicted molar refractivity (Wildman–Crippen MR) is 159 cm³/mol. The lowest BCUT2D eigenvalue weighted by Gasteiger charge is -2.13. The Morgan fingerprint density at radius 1 is 0.925 bits per heavy atom. The van der Waals surface area contributed by atoms with Crippen molar-refractivity contribution < 1.29 is 14.3 Å². The van der Waals surface area contributed by atoms with Gasteiger partial charge in [0.15, 0.2) is 0 Å². The van der Waals surface area contributed by atoms with E-state index in [0.29, 0.717) is 5.69 Å². The van der Waals surface area contributed by atoms with Gasteiger partial charge in [-0.3, -0.25) is 4.79 Å². The van der Waals surface area contributed by atoms with Gasteiger partial charge < -0.3 is 24.8 Å². The molecule has 3 aromatic carbocycles. The van der Waals surface area contributed by atoms with E-state index in [0.717, 1.165) is 72.5 Å². The van der Waals surface area contributed by atoms with Crippen LogP contribution in [0.25, 0.3) is 32.7 Å². The van der Waals surface area contributed by atoms with E-state index < -0.39 is 0 Å². The van der Waals surface area contributed by atoms with Gasteiger partial charge >= 0.3 is 0 Å². The average Bonchev–Trinajstić information content (AvgIpc) is 3.52. The number of hydrogen-bond acceptors (Lipinski definition) is 6. The first-order valence-corrected chi connectivity index (χ1v) is 12.8. The molecule has 9 nitrogen and oxygen atoms in total. The molecule has 6 aromatic rings. The summed E-state index contributed by atoms with van der Waals surface area (Å²) >= 11 is 0. The zero-order valence-corrected chi connectivity index (χ0v) is 22.5. The number of anilines is 2. The molecule has 6 rings (SSSR count). The minimum absolute atomic E-state index is 0.333. The molecule has 3 aromatic heterocycles. The third kappa shape index (κ3) is 4.58. The molecule has 0 saturated carbocycles. The third-order valence-electron chi connectivity index (χ3n) is 6.90. The molecular formula is C31H28N6O3. The maximum Gasteiger partial charge on any atom is 0.287 e. The molecule has 200 valence electrons. The molecule has 0 aliphatic carbocycles. The van der Waals surface area contributed by atoms with Crippen LogP contribution in [0.2, 0.25) is 0 Å². The topological polar surface area (TPSA) is 116 Å². The zero-order chi connectivity index (χ0) is 27.8. The molecule has 9 heteroatoms. The van der Waals surface area contributed by atoms with E-state index in [-0.39, 0.29) is 5.91 Å². The summed E-state index contributed by atoms with van der Waals surface area (Å²) < 4.78 is 10.9. The van der Waals surface area contributed by atoms with Gasteiger partial charge in [0.2, 0.25) is 0 Å². The number of para-hydroxylation sites is 1. The highest BCUT2D eigenvalue weighted by Crippen LogP contribution is 2.32. The Kier molecular flexibility index (Phi) is 6.31. The SMILES string of the molecule is COc1ccc2[nH]c(C)c(/C=N/NC(=O)c3cc4cc(Nc5cc(C)nc6c(OC)cccc56)ccc4[nH]3)c2c1. The largest absolute Gasteiger partial charge is 0.497 e. The van der Waals surface area contributed by atoms with Crippen molar-refractivity contribution in [3.05, 3.63) is 89.4 Å². The number of carbonyl (C=O) groups excluding carboxylic acids is 1. The van der Waals surface area contributed by atoms with Crippen molar-refractivity contribution in [1.29, 1.82) is 0 Å². The van der Waals surface area contributed by atoms with Crippen LogP contribution in [-0.2, 0) is 0 Å². The van der Waals surface area contributed by atoms with Gasteiger partial charge in [-0.25, -0.2) is 10.4 Å². The standard InChI is InChI=1S/C31H28N6O3/c1-17-12-27(22-6-5-7-29(40-4)30(22)33-17)35-20-8-10-25-19(13-20)14-28(36-25)31(38)37-32-16-24-18(2)34-26-11-9-21(39-3)15-23(24)26/h5-16,34,36H,1-4H3,(H,33,35)(H,37,38)/b32-16+. The molecule has 0 saturated heterocycles. The average molecular weight is 533 g/mol. The van der Waals surface area contributed by atoms with Crippen molar-refractivity contribution in [3.63, 3.8) is 0 Å². The Labute approximate surface area is 230 Å². The molecule has 40 heavy (non-hydrogen) atoms. The van der Waals surface area contributed by atoms with Gasteiger partial charge in [-0.05, 0) is 68.4 Å². The minimum atomic E-state index is -0.333. The quantitative estimate of drug-likeness (QED) is 0.141. The Hall–Kier alpha value is -5.31. The molecule has 0 radical (unpaired) electrons. The first-order chi connectivity index (χ1) is 19.4. The smallest absolute Gasteiger partial charge is 0.287 e. The second-order valence-electron chi connectivity index (χ2n) is 9.55. The van der Waals surface area contributed by atoms with Gasteiger partial charge in [-0.1, -0.05) is 12.1 Å². The van der Waals surface area contributed by atoms with Crippen molar-refractivity contribution >= 4 is 56.2 Å². The number of methoxy groups -OCH3 is 2. The highest BCUT2D eigenvalue weighted by Gasteiger charge is 2.13. The summed E-state index contributed by atoms with van der Waals surface area (Å²) in [6, 6.07) is 21.4. The van der Waals surface area contributed by atoms with Crippen molar-refractivity contribution in [2.24, 2.45) is 5.10 Å². The molecule has 3 heterocycles. The number of H-pyrrole nitrogens is 2. The van der Waals surface area contributed by atoms with Crippen LogP contribution in [-0.4, -0.2) is 41.3 Å². The molecule has 0 fully saturated rings. The molecule has 0 aliphatic heterocycles. The maximum absolute atomic E-state index is 12.9. The van der Waals surface area contributed by atoms with Crippen LogP contribution in [0, 0.1) is 13.8 Å². The predicted octanol–water partition coefficient (Wildman–Crippen LogP) is 6.34. The van der Waals surface area contributed by atoms with Crippen LogP contribution in [0.15, 0.2) is 71.8 Å². The van der Waals surface area contributed by atoms with Crippen LogP contribution in [0.3, 0.4) is 0 Å². The fourth-order valence-electron chi connectivity index (χ4n) is 4.94. The summed E-state index contributed by atoms with van der Waals surface area (Å²) in [7, 11) is 3.28. The molecule has 4 N–H and O–H groups in total. The number of ether oxygens (including phenoxy) is 2. The second-order valence-corrected chi connectivity index (χ2v) is 9.55. The van der Waals surface area contributed by atoms with Gasteiger partial charge in [0.25, 0.3) is 5.91 Å². The number of aromatic nitrogens is 3. The first kappa shape index (κ1) is 25.0. The molecule has 0 unspecified atom stereocenters. The zero-order valence-electron chi connectivity index (χ0n) is 22.5. The summed E-state index contributed by atoms with van der Waals surface area (Å²) in [5.41, 5.74) is 10.2. The highest BCUT2D eigenvalue weighted by atomic mass is 16.5. The Morgan fingerprint density at radius 3 is 2.60 bits per heavy atom. The number of nitrogens with one attached hydrogen (secondary N) is 4. The fourth-order valence-corrected chi connectivity index (χ4v) is 4.94. The van der Waals surface area contributed by atoms with E-state index in [9.17, 15) is 4.79 Å². The summed E-state index contributed by atoms with van der Waals surface area (Å²) in [4.78, 5) is 24.1. The van der Waals surface area contributed by atoms with Crippen molar-refractivity contribution in [1.82, 2.24) is 20.4 Å². The lowest BCUT2D eigenvalue weighted by Crippen LogP contribution is -2.17. The Morgan fingerprint density at radius 2 is 1.77 bits per heavy atom. The number of amides is 1. The number of hydrazone groups is 1. The maximum atomic E-state index is 12.9. The van der Waals surface area contributed by atoms with Crippen LogP contribution < -0.4 is 20.2 Å². The van der Waals surface area contributed by atoms with Crippen LogP contribution >= 0.6 is 0 Å². The first-order valence-electron chi connectivity index (χ1n) is 12.8. The molecule has 1 amide bonds. The number of hydrogen-bond donors (Lipinski definition) is 4. The number of aromatic amines is 2. The van der Waals surface area contributed by atoms with Gasteiger partial charge in [0.05, 0.1) is 20.4 Å². The van der Waals surface area contributed by atoms with Crippen molar-refractivity contribution in [2.45, 2.75) is 13.8 Å². The second kappa shape index (κ2) is 10.1. The molecule has 0 bridgehead atoms. The fraction of sp³-hybridized carbons (Fsp3) is 0.129. The van der Waals surface area contributed by atoms with Gasteiger partial charge in [-0.15, -0.1) is 0 Å². The summed E-state index contributed by atoms with van der Waals surface area (Å²) in [5.74, 6) is 1.15. The van der Waals surface area contributed by atoms with Gasteiger partial charge in [-0.2, -0.15) is 5.10 Å². The summed E-state index contributed by atoms with van der Waals surface area (Å²) in [6.07, 6.45) is 1.65. The van der Waals surface area contributed by atoms with Gasteiger partial charge in [0.1, 0.15) is 22.7 Å². The third-order valence-corrected chi connectivity index (χ3v) is 6.90. The van der Waals surface area contributed by atoms with Crippen molar-refractivity contribution in [2.75, 3.05) is 19.5 Å². The molecule has 0 atom stereocenters. The summed E-state index contributed by atoms with van der Waals surface area (Å²) in [5, 5.41) is 10.5. The van der Waals surface area contributed by atoms with Crippen LogP contribution in [0.4, 0.5) is 11.4 Å². The normalized spacial score (nSPS) is 11.5. The number of carbonyl (C=O) groups is 1.